The minimum atomic E-state index is -0.207. The van der Waals surface area contributed by atoms with Crippen LogP contribution >= 0.6 is 0 Å². The average Bonchev–Trinajstić information content (AvgIpc) is 2.36. The molecule has 2 atom stereocenters. The number of hydrogen-bond acceptors (Lipinski definition) is 2. The van der Waals surface area contributed by atoms with Crippen molar-refractivity contribution in [1.29, 1.82) is 0 Å². The normalized spacial score (nSPS) is 27.0. The number of aryl methyl sites for hydroxylation is 1. The summed E-state index contributed by atoms with van der Waals surface area (Å²) in [5.41, 5.74) is 8.00. The van der Waals surface area contributed by atoms with Gasteiger partial charge in [0.1, 0.15) is 5.82 Å². The van der Waals surface area contributed by atoms with Gasteiger partial charge in [0.2, 0.25) is 0 Å². The monoisotopic (exact) mass is 263 g/mol. The lowest BCUT2D eigenvalue weighted by Gasteiger charge is -2.48. The van der Waals surface area contributed by atoms with E-state index in [1.54, 1.807) is 6.07 Å². The average molecular weight is 263 g/mol. The molecule has 1 saturated heterocycles. The number of nitrogens with two attached hydrogens (primary N) is 1. The van der Waals surface area contributed by atoms with E-state index in [1.165, 1.54) is 6.42 Å². The fraction of sp³-hybridized carbons (Fsp3) is 0.625. The molecule has 3 rings (SSSR count). The van der Waals surface area contributed by atoms with Crippen molar-refractivity contribution < 1.29 is 9.13 Å². The van der Waals surface area contributed by atoms with Crippen molar-refractivity contribution >= 4 is 0 Å². The Morgan fingerprint density at radius 1 is 1.42 bits per heavy atom. The Hall–Kier alpha value is -0.930. The number of rotatable bonds is 2. The Labute approximate surface area is 114 Å². The highest BCUT2D eigenvalue weighted by Crippen LogP contribution is 2.46. The van der Waals surface area contributed by atoms with E-state index in [-0.39, 0.29) is 17.5 Å². The van der Waals surface area contributed by atoms with E-state index in [0.29, 0.717) is 11.5 Å². The highest BCUT2D eigenvalue weighted by molar-refractivity contribution is 5.26. The molecule has 1 aromatic carbocycles. The molecule has 2 nitrogen and oxygen atoms in total. The maximum absolute atomic E-state index is 14.0. The fourth-order valence-electron chi connectivity index (χ4n) is 3.45. The van der Waals surface area contributed by atoms with Crippen LogP contribution in [-0.2, 0) is 4.74 Å². The first-order valence-electron chi connectivity index (χ1n) is 7.25. The summed E-state index contributed by atoms with van der Waals surface area (Å²) >= 11 is 0. The maximum atomic E-state index is 14.0. The third-order valence-electron chi connectivity index (χ3n) is 4.82. The first-order chi connectivity index (χ1) is 9.10. The molecule has 0 radical (unpaired) electrons. The number of benzene rings is 1. The van der Waals surface area contributed by atoms with Crippen molar-refractivity contribution in [3.05, 3.63) is 35.1 Å². The van der Waals surface area contributed by atoms with Crippen molar-refractivity contribution in [3.63, 3.8) is 0 Å². The van der Waals surface area contributed by atoms with Crippen molar-refractivity contribution in [3.8, 4) is 0 Å². The third kappa shape index (κ3) is 2.41. The van der Waals surface area contributed by atoms with Gasteiger partial charge in [-0.2, -0.15) is 0 Å². The van der Waals surface area contributed by atoms with Gasteiger partial charge in [0.15, 0.2) is 0 Å². The lowest BCUT2D eigenvalue weighted by atomic mass is 9.70. The first-order valence-corrected chi connectivity index (χ1v) is 7.25. The van der Waals surface area contributed by atoms with Gasteiger partial charge in [0.05, 0.1) is 5.60 Å². The van der Waals surface area contributed by atoms with Crippen LogP contribution in [0.2, 0.25) is 0 Å². The quantitative estimate of drug-likeness (QED) is 0.886. The Bertz CT molecular complexity index is 470. The van der Waals surface area contributed by atoms with Crippen LogP contribution in [0.3, 0.4) is 0 Å². The number of halogens is 1. The largest absolute Gasteiger partial charge is 0.375 e. The van der Waals surface area contributed by atoms with Crippen LogP contribution in [-0.4, -0.2) is 12.2 Å². The van der Waals surface area contributed by atoms with Gasteiger partial charge in [-0.25, -0.2) is 4.39 Å². The van der Waals surface area contributed by atoms with Crippen molar-refractivity contribution in [2.24, 2.45) is 11.7 Å². The molecule has 2 fully saturated rings. The van der Waals surface area contributed by atoms with Crippen molar-refractivity contribution in [1.82, 2.24) is 0 Å². The topological polar surface area (TPSA) is 35.2 Å². The summed E-state index contributed by atoms with van der Waals surface area (Å²) in [7, 11) is 0. The Morgan fingerprint density at radius 3 is 2.84 bits per heavy atom. The van der Waals surface area contributed by atoms with Crippen molar-refractivity contribution in [2.75, 3.05) is 6.61 Å². The second-order valence-corrected chi connectivity index (χ2v) is 6.19. The third-order valence-corrected chi connectivity index (χ3v) is 4.82. The molecule has 2 N–H and O–H groups in total. The lowest BCUT2D eigenvalue weighted by Crippen LogP contribution is -2.47. The summed E-state index contributed by atoms with van der Waals surface area (Å²) in [6.07, 6.45) is 5.47. The van der Waals surface area contributed by atoms with Crippen molar-refractivity contribution in [2.45, 2.75) is 50.7 Å². The van der Waals surface area contributed by atoms with Crippen LogP contribution in [0.4, 0.5) is 4.39 Å². The summed E-state index contributed by atoms with van der Waals surface area (Å²) < 4.78 is 20.0. The van der Waals surface area contributed by atoms with E-state index in [0.717, 1.165) is 37.9 Å². The molecule has 0 aromatic heterocycles. The molecule has 3 heteroatoms. The molecule has 1 aromatic rings. The highest BCUT2D eigenvalue weighted by atomic mass is 19.1. The molecule has 104 valence electrons. The standard InChI is InChI=1S/C16H22FNO/c1-11-3-4-13(14(17)9-11)15(18)12-5-8-19-16(10-12)6-2-7-16/h3-4,9,12,15H,2,5-8,10,18H2,1H3. The highest BCUT2D eigenvalue weighted by Gasteiger charge is 2.44. The van der Waals surface area contributed by atoms with Gasteiger partial charge in [-0.3, -0.25) is 0 Å². The Morgan fingerprint density at radius 2 is 2.21 bits per heavy atom. The molecule has 1 heterocycles. The first kappa shape index (κ1) is 13.1. The summed E-state index contributed by atoms with van der Waals surface area (Å²) in [6.45, 7) is 2.67. The van der Waals surface area contributed by atoms with Gasteiger partial charge < -0.3 is 10.5 Å². The molecular weight excluding hydrogens is 241 g/mol. The van der Waals surface area contributed by atoms with Gasteiger partial charge >= 0.3 is 0 Å². The van der Waals surface area contributed by atoms with E-state index in [9.17, 15) is 4.39 Å². The summed E-state index contributed by atoms with van der Waals surface area (Å²) in [5, 5.41) is 0. The van der Waals surface area contributed by atoms with Crippen LogP contribution in [0.1, 0.15) is 49.3 Å². The SMILES string of the molecule is Cc1ccc(C(N)C2CCOC3(CCC3)C2)c(F)c1. The van der Waals surface area contributed by atoms with Crippen LogP contribution in [0.5, 0.6) is 0 Å². The van der Waals surface area contributed by atoms with E-state index >= 15 is 0 Å². The van der Waals surface area contributed by atoms with Gasteiger partial charge in [-0.15, -0.1) is 0 Å². The van der Waals surface area contributed by atoms with Crippen LogP contribution in [0, 0.1) is 18.7 Å². The Balaban J connectivity index is 1.77. The molecule has 1 aliphatic carbocycles. The van der Waals surface area contributed by atoms with E-state index in [2.05, 4.69) is 0 Å². The zero-order valence-corrected chi connectivity index (χ0v) is 11.5. The molecule has 2 unspecified atom stereocenters. The van der Waals surface area contributed by atoms with Crippen LogP contribution in [0.15, 0.2) is 18.2 Å². The predicted molar refractivity (Wildman–Crippen MR) is 73.3 cm³/mol. The minimum absolute atomic E-state index is 0.0711. The molecule has 19 heavy (non-hydrogen) atoms. The summed E-state index contributed by atoms with van der Waals surface area (Å²) in [4.78, 5) is 0. The molecule has 1 spiro atoms. The summed E-state index contributed by atoms with van der Waals surface area (Å²) in [5.74, 6) is 0.174. The van der Waals surface area contributed by atoms with Gasteiger partial charge in [0.25, 0.3) is 0 Å². The maximum Gasteiger partial charge on any atom is 0.128 e. The fourth-order valence-corrected chi connectivity index (χ4v) is 3.45. The molecule has 2 aliphatic rings. The minimum Gasteiger partial charge on any atom is -0.375 e. The summed E-state index contributed by atoms with van der Waals surface area (Å²) in [6, 6.07) is 5.16. The van der Waals surface area contributed by atoms with E-state index in [4.69, 9.17) is 10.5 Å². The van der Waals surface area contributed by atoms with E-state index < -0.39 is 0 Å². The molecule has 1 saturated carbocycles. The Kier molecular flexibility index (Phi) is 3.35. The molecule has 1 aliphatic heterocycles. The van der Waals surface area contributed by atoms with Gasteiger partial charge in [-0.05, 0) is 56.6 Å². The number of hydrogen-bond donors (Lipinski definition) is 1. The van der Waals surface area contributed by atoms with Crippen LogP contribution in [0.25, 0.3) is 0 Å². The lowest BCUT2D eigenvalue weighted by molar-refractivity contribution is -0.146. The van der Waals surface area contributed by atoms with Gasteiger partial charge in [-0.1, -0.05) is 12.1 Å². The van der Waals surface area contributed by atoms with Gasteiger partial charge in [0, 0.05) is 18.2 Å². The molecular formula is C16H22FNO. The predicted octanol–water partition coefficient (Wildman–Crippen LogP) is 3.48. The second-order valence-electron chi connectivity index (χ2n) is 6.19. The zero-order chi connectivity index (χ0) is 13.5. The van der Waals surface area contributed by atoms with Crippen LogP contribution < -0.4 is 5.73 Å². The second kappa shape index (κ2) is 4.88. The zero-order valence-electron chi connectivity index (χ0n) is 11.5. The molecule has 0 bridgehead atoms. The number of ether oxygens (including phenoxy) is 1. The molecule has 0 amide bonds. The smallest absolute Gasteiger partial charge is 0.128 e. The van der Waals surface area contributed by atoms with E-state index in [1.807, 2.05) is 19.1 Å².